The Bertz CT molecular complexity index is 998. The van der Waals surface area contributed by atoms with Crippen LogP contribution in [0.4, 0.5) is 0 Å². The highest BCUT2D eigenvalue weighted by molar-refractivity contribution is 5.81. The van der Waals surface area contributed by atoms with Crippen molar-refractivity contribution in [3.8, 4) is 0 Å². The zero-order chi connectivity index (χ0) is 16.5. The van der Waals surface area contributed by atoms with E-state index in [9.17, 15) is 0 Å². The van der Waals surface area contributed by atoms with E-state index in [1.807, 2.05) is 12.3 Å². The fraction of sp³-hybridized carbons (Fsp3) is 0.200. The van der Waals surface area contributed by atoms with Gasteiger partial charge in [0.05, 0.1) is 23.1 Å². The summed E-state index contributed by atoms with van der Waals surface area (Å²) in [4.78, 5) is 14.9. The smallest absolute Gasteiger partial charge is 0.121 e. The van der Waals surface area contributed by atoms with Crippen LogP contribution in [-0.2, 0) is 13.1 Å². The molecule has 120 valence electrons. The summed E-state index contributed by atoms with van der Waals surface area (Å²) in [5.74, 6) is 0.992. The van der Waals surface area contributed by atoms with Crippen molar-refractivity contribution in [2.45, 2.75) is 20.0 Å². The second-order valence-corrected chi connectivity index (χ2v) is 6.37. The van der Waals surface area contributed by atoms with E-state index < -0.39 is 0 Å². The number of hydrogen-bond acceptors (Lipinski definition) is 3. The lowest BCUT2D eigenvalue weighted by Crippen LogP contribution is -2.18. The molecule has 4 nitrogen and oxygen atoms in total. The monoisotopic (exact) mass is 316 g/mol. The molecule has 0 unspecified atom stereocenters. The molecule has 24 heavy (non-hydrogen) atoms. The van der Waals surface area contributed by atoms with E-state index in [2.05, 4.69) is 76.3 Å². The van der Waals surface area contributed by atoms with Crippen molar-refractivity contribution in [1.29, 1.82) is 0 Å². The predicted molar refractivity (Wildman–Crippen MR) is 97.7 cm³/mol. The number of imidazole rings is 1. The van der Waals surface area contributed by atoms with Gasteiger partial charge in [0.15, 0.2) is 0 Å². The normalized spacial score (nSPS) is 11.6. The van der Waals surface area contributed by atoms with Gasteiger partial charge in [0, 0.05) is 18.1 Å². The summed E-state index contributed by atoms with van der Waals surface area (Å²) in [7, 11) is 2.11. The van der Waals surface area contributed by atoms with Crippen LogP contribution in [0.3, 0.4) is 0 Å². The average Bonchev–Trinajstić information content (AvgIpc) is 2.96. The maximum absolute atomic E-state index is 4.68. The molecule has 0 fully saturated rings. The van der Waals surface area contributed by atoms with Gasteiger partial charge in [0.1, 0.15) is 5.82 Å². The van der Waals surface area contributed by atoms with Crippen molar-refractivity contribution in [2.75, 3.05) is 7.05 Å². The summed E-state index contributed by atoms with van der Waals surface area (Å²) in [6, 6.07) is 16.7. The average molecular weight is 316 g/mol. The summed E-state index contributed by atoms with van der Waals surface area (Å²) in [6.45, 7) is 3.71. The minimum absolute atomic E-state index is 0.775. The Morgan fingerprint density at radius 1 is 1.04 bits per heavy atom. The lowest BCUT2D eigenvalue weighted by atomic mass is 10.1. The molecule has 0 atom stereocenters. The van der Waals surface area contributed by atoms with Crippen molar-refractivity contribution >= 4 is 21.9 Å². The van der Waals surface area contributed by atoms with Crippen molar-refractivity contribution in [3.63, 3.8) is 0 Å². The SMILES string of the molecule is Cc1ccc2nc(CN(C)Cc3cccc4cccnc34)[nH]c2c1. The van der Waals surface area contributed by atoms with E-state index in [0.717, 1.165) is 35.5 Å². The van der Waals surface area contributed by atoms with Crippen LogP contribution in [0.5, 0.6) is 0 Å². The van der Waals surface area contributed by atoms with Crippen molar-refractivity contribution in [2.24, 2.45) is 0 Å². The van der Waals surface area contributed by atoms with Crippen molar-refractivity contribution in [1.82, 2.24) is 19.9 Å². The first-order valence-electron chi connectivity index (χ1n) is 8.15. The summed E-state index contributed by atoms with van der Waals surface area (Å²) in [6.07, 6.45) is 1.85. The maximum Gasteiger partial charge on any atom is 0.121 e. The van der Waals surface area contributed by atoms with Crippen LogP contribution < -0.4 is 0 Å². The van der Waals surface area contributed by atoms with E-state index in [-0.39, 0.29) is 0 Å². The number of nitrogens with one attached hydrogen (secondary N) is 1. The molecule has 0 amide bonds. The fourth-order valence-corrected chi connectivity index (χ4v) is 3.15. The Kier molecular flexibility index (Phi) is 3.75. The first kappa shape index (κ1) is 14.8. The summed E-state index contributed by atoms with van der Waals surface area (Å²) >= 11 is 0. The number of aromatic nitrogens is 3. The molecule has 0 aliphatic carbocycles. The molecule has 4 aromatic rings. The van der Waals surface area contributed by atoms with E-state index in [4.69, 9.17) is 0 Å². The summed E-state index contributed by atoms with van der Waals surface area (Å²) in [5, 5.41) is 1.18. The summed E-state index contributed by atoms with van der Waals surface area (Å²) in [5.41, 5.74) is 5.68. The van der Waals surface area contributed by atoms with Gasteiger partial charge in [-0.1, -0.05) is 30.3 Å². The molecule has 0 bridgehead atoms. The van der Waals surface area contributed by atoms with Crippen LogP contribution >= 0.6 is 0 Å². The number of aromatic amines is 1. The van der Waals surface area contributed by atoms with Crippen LogP contribution in [-0.4, -0.2) is 26.9 Å². The third kappa shape index (κ3) is 2.88. The van der Waals surface area contributed by atoms with Gasteiger partial charge in [-0.05, 0) is 43.3 Å². The zero-order valence-corrected chi connectivity index (χ0v) is 14.0. The summed E-state index contributed by atoms with van der Waals surface area (Å²) < 4.78 is 0. The lowest BCUT2D eigenvalue weighted by Gasteiger charge is -2.16. The van der Waals surface area contributed by atoms with Crippen molar-refractivity contribution < 1.29 is 0 Å². The van der Waals surface area contributed by atoms with Crippen LogP contribution in [0.1, 0.15) is 17.0 Å². The molecule has 2 aromatic carbocycles. The van der Waals surface area contributed by atoms with Gasteiger partial charge in [-0.2, -0.15) is 0 Å². The topological polar surface area (TPSA) is 44.8 Å². The number of rotatable bonds is 4. The number of aryl methyl sites for hydroxylation is 1. The number of nitrogens with zero attached hydrogens (tertiary/aromatic N) is 3. The standard InChI is InChI=1S/C20H20N4/c1-14-8-9-17-18(11-14)23-19(22-17)13-24(2)12-16-6-3-5-15-7-4-10-21-20(15)16/h3-11H,12-13H2,1-2H3,(H,22,23). The Morgan fingerprint density at radius 2 is 1.92 bits per heavy atom. The van der Waals surface area contributed by atoms with E-state index in [0.29, 0.717) is 0 Å². The van der Waals surface area contributed by atoms with Gasteiger partial charge >= 0.3 is 0 Å². The molecule has 0 saturated carbocycles. The van der Waals surface area contributed by atoms with Crippen LogP contribution in [0.2, 0.25) is 0 Å². The largest absolute Gasteiger partial charge is 0.341 e. The number of para-hydroxylation sites is 1. The van der Waals surface area contributed by atoms with Crippen LogP contribution in [0.25, 0.3) is 21.9 Å². The minimum Gasteiger partial charge on any atom is -0.341 e. The molecule has 0 spiro atoms. The van der Waals surface area contributed by atoms with Gasteiger partial charge in [0.25, 0.3) is 0 Å². The predicted octanol–water partition coefficient (Wildman–Crippen LogP) is 4.05. The van der Waals surface area contributed by atoms with Gasteiger partial charge < -0.3 is 4.98 Å². The van der Waals surface area contributed by atoms with Gasteiger partial charge in [-0.3, -0.25) is 9.88 Å². The van der Waals surface area contributed by atoms with Gasteiger partial charge in [-0.15, -0.1) is 0 Å². The highest BCUT2D eigenvalue weighted by atomic mass is 15.1. The highest BCUT2D eigenvalue weighted by Crippen LogP contribution is 2.19. The van der Waals surface area contributed by atoms with Crippen LogP contribution in [0.15, 0.2) is 54.7 Å². The molecular weight excluding hydrogens is 296 g/mol. The first-order chi connectivity index (χ1) is 11.7. The number of hydrogen-bond donors (Lipinski definition) is 1. The third-order valence-corrected chi connectivity index (χ3v) is 4.26. The maximum atomic E-state index is 4.68. The van der Waals surface area contributed by atoms with Crippen molar-refractivity contribution in [3.05, 3.63) is 71.7 Å². The minimum atomic E-state index is 0.775. The Morgan fingerprint density at radius 3 is 2.83 bits per heavy atom. The molecular formula is C20H20N4. The number of H-pyrrole nitrogens is 1. The second kappa shape index (κ2) is 6.06. The number of fused-ring (bicyclic) bond motifs is 2. The quantitative estimate of drug-likeness (QED) is 0.618. The molecule has 0 saturated heterocycles. The molecule has 4 heteroatoms. The second-order valence-electron chi connectivity index (χ2n) is 6.37. The Labute approximate surface area is 141 Å². The van der Waals surface area contributed by atoms with E-state index in [1.165, 1.54) is 16.5 Å². The van der Waals surface area contributed by atoms with Gasteiger partial charge in [0.2, 0.25) is 0 Å². The lowest BCUT2D eigenvalue weighted by molar-refractivity contribution is 0.313. The molecule has 4 rings (SSSR count). The highest BCUT2D eigenvalue weighted by Gasteiger charge is 2.09. The molecule has 0 aliphatic heterocycles. The third-order valence-electron chi connectivity index (χ3n) is 4.26. The molecule has 0 radical (unpaired) electrons. The van der Waals surface area contributed by atoms with E-state index >= 15 is 0 Å². The zero-order valence-electron chi connectivity index (χ0n) is 14.0. The Balaban J connectivity index is 1.56. The van der Waals surface area contributed by atoms with E-state index in [1.54, 1.807) is 0 Å². The first-order valence-corrected chi connectivity index (χ1v) is 8.15. The van der Waals surface area contributed by atoms with Crippen LogP contribution in [0, 0.1) is 6.92 Å². The number of benzene rings is 2. The molecule has 1 N–H and O–H groups in total. The Hall–Kier alpha value is -2.72. The fourth-order valence-electron chi connectivity index (χ4n) is 3.15. The molecule has 0 aliphatic rings. The molecule has 2 aromatic heterocycles. The van der Waals surface area contributed by atoms with Gasteiger partial charge in [-0.25, -0.2) is 4.98 Å². The molecule has 2 heterocycles. The number of pyridine rings is 1.